The van der Waals surface area contributed by atoms with E-state index in [-0.39, 0.29) is 16.8 Å². The summed E-state index contributed by atoms with van der Waals surface area (Å²) >= 11 is 1.93. The molecule has 8 heteroatoms. The zero-order valence-electron chi connectivity index (χ0n) is 16.3. The van der Waals surface area contributed by atoms with Gasteiger partial charge in [-0.25, -0.2) is 0 Å². The molecule has 0 aromatic carbocycles. The minimum absolute atomic E-state index is 0.00993. The number of hydrogen-bond donors (Lipinski definition) is 0. The highest BCUT2D eigenvalue weighted by atomic mass is 32.2. The largest absolute Gasteiger partial charge is 0.383 e. The number of amides is 1. The summed E-state index contributed by atoms with van der Waals surface area (Å²) in [6, 6.07) is 7.79. The summed E-state index contributed by atoms with van der Waals surface area (Å²) in [4.78, 5) is 19.0. The first-order valence-corrected chi connectivity index (χ1v) is 10.6. The van der Waals surface area contributed by atoms with E-state index in [0.29, 0.717) is 25.5 Å². The number of hydrogen-bond acceptors (Lipinski definition) is 6. The van der Waals surface area contributed by atoms with Crippen LogP contribution in [0.4, 0.5) is 0 Å². The Balaban J connectivity index is 1.25. The van der Waals surface area contributed by atoms with E-state index in [1.165, 1.54) is 0 Å². The van der Waals surface area contributed by atoms with Gasteiger partial charge in [-0.2, -0.15) is 5.10 Å². The Hall–Kier alpha value is -1.90. The van der Waals surface area contributed by atoms with Crippen LogP contribution < -0.4 is 0 Å². The molecular formula is C20H26N4O3S. The van der Waals surface area contributed by atoms with Crippen molar-refractivity contribution in [2.45, 2.75) is 37.3 Å². The number of pyridine rings is 1. The average Bonchev–Trinajstić information content (AvgIpc) is 3.30. The van der Waals surface area contributed by atoms with E-state index in [1.54, 1.807) is 17.9 Å². The zero-order chi connectivity index (χ0) is 19.6. The molecule has 28 heavy (non-hydrogen) atoms. The molecule has 2 aromatic rings. The smallest absolute Gasteiger partial charge is 0.274 e. The molecule has 0 N–H and O–H groups in total. The molecule has 1 spiro atoms. The van der Waals surface area contributed by atoms with Crippen LogP contribution in [0.5, 0.6) is 0 Å². The van der Waals surface area contributed by atoms with Crippen LogP contribution in [0.25, 0.3) is 0 Å². The van der Waals surface area contributed by atoms with Crippen molar-refractivity contribution in [2.75, 3.05) is 32.6 Å². The average molecular weight is 403 g/mol. The van der Waals surface area contributed by atoms with Gasteiger partial charge < -0.3 is 14.4 Å². The predicted molar refractivity (Wildman–Crippen MR) is 107 cm³/mol. The molecule has 2 fully saturated rings. The molecule has 1 atom stereocenters. The minimum Gasteiger partial charge on any atom is -0.383 e. The van der Waals surface area contributed by atoms with E-state index in [9.17, 15) is 4.79 Å². The number of likely N-dealkylation sites (tertiary alicyclic amines) is 1. The number of thioether (sulfide) groups is 1. The molecule has 0 aliphatic carbocycles. The van der Waals surface area contributed by atoms with Crippen molar-refractivity contribution in [1.29, 1.82) is 0 Å². The summed E-state index contributed by atoms with van der Waals surface area (Å²) < 4.78 is 13.0. The maximum atomic E-state index is 12.6. The molecular weight excluding hydrogens is 376 g/mol. The van der Waals surface area contributed by atoms with Crippen molar-refractivity contribution in [1.82, 2.24) is 19.7 Å². The topological polar surface area (TPSA) is 69.5 Å². The van der Waals surface area contributed by atoms with Gasteiger partial charge in [0.25, 0.3) is 5.91 Å². The second-order valence-corrected chi connectivity index (χ2v) is 9.01. The number of methoxy groups -OCH3 is 1. The van der Waals surface area contributed by atoms with E-state index in [0.717, 1.165) is 36.7 Å². The van der Waals surface area contributed by atoms with Crippen LogP contribution in [-0.2, 0) is 22.6 Å². The highest BCUT2D eigenvalue weighted by Gasteiger charge is 2.51. The maximum absolute atomic E-state index is 12.6. The quantitative estimate of drug-likeness (QED) is 0.707. The first-order chi connectivity index (χ1) is 13.6. The highest BCUT2D eigenvalue weighted by Crippen LogP contribution is 2.46. The molecule has 4 heterocycles. The summed E-state index contributed by atoms with van der Waals surface area (Å²) in [5, 5.41) is 4.36. The van der Waals surface area contributed by atoms with Gasteiger partial charge in [-0.3, -0.25) is 14.5 Å². The number of nitrogens with zero attached hydrogens (tertiary/aromatic N) is 4. The van der Waals surface area contributed by atoms with Gasteiger partial charge >= 0.3 is 0 Å². The van der Waals surface area contributed by atoms with Gasteiger partial charge in [0.15, 0.2) is 0 Å². The molecule has 0 radical (unpaired) electrons. The summed E-state index contributed by atoms with van der Waals surface area (Å²) in [7, 11) is 1.66. The van der Waals surface area contributed by atoms with Crippen molar-refractivity contribution < 1.29 is 14.3 Å². The fraction of sp³-hybridized carbons (Fsp3) is 0.550. The first-order valence-electron chi connectivity index (χ1n) is 9.57. The highest BCUT2D eigenvalue weighted by molar-refractivity contribution is 8.01. The van der Waals surface area contributed by atoms with Gasteiger partial charge in [-0.1, -0.05) is 6.07 Å². The van der Waals surface area contributed by atoms with E-state index in [1.807, 2.05) is 48.0 Å². The van der Waals surface area contributed by atoms with Crippen molar-refractivity contribution in [3.63, 3.8) is 0 Å². The Morgan fingerprint density at radius 2 is 2.21 bits per heavy atom. The SMILES string of the molecule is COCCn1ccc(C(=O)N2CC3(C[C@H](OCc4cccc(C)n4)CS3)C2)n1. The van der Waals surface area contributed by atoms with Crippen molar-refractivity contribution >= 4 is 17.7 Å². The molecule has 0 saturated carbocycles. The number of rotatable bonds is 7. The van der Waals surface area contributed by atoms with Crippen molar-refractivity contribution in [3.05, 3.63) is 47.5 Å². The lowest BCUT2D eigenvalue weighted by molar-refractivity contribution is 0.0242. The summed E-state index contributed by atoms with van der Waals surface area (Å²) in [6.45, 7) is 5.31. The summed E-state index contributed by atoms with van der Waals surface area (Å²) in [5.41, 5.74) is 2.49. The Labute approximate surface area is 169 Å². The maximum Gasteiger partial charge on any atom is 0.274 e. The number of carbonyl (C=O) groups is 1. The van der Waals surface area contributed by atoms with E-state index in [2.05, 4.69) is 10.1 Å². The Morgan fingerprint density at radius 3 is 3.00 bits per heavy atom. The Bertz CT molecular complexity index is 834. The molecule has 2 aliphatic rings. The van der Waals surface area contributed by atoms with Crippen LogP contribution in [0, 0.1) is 6.92 Å². The number of aryl methyl sites for hydroxylation is 1. The van der Waals surface area contributed by atoms with E-state index in [4.69, 9.17) is 9.47 Å². The van der Waals surface area contributed by atoms with Crippen molar-refractivity contribution in [2.24, 2.45) is 0 Å². The lowest BCUT2D eigenvalue weighted by atomic mass is 9.92. The molecule has 0 bridgehead atoms. The third-order valence-electron chi connectivity index (χ3n) is 5.22. The van der Waals surface area contributed by atoms with Gasteiger partial charge in [-0.05, 0) is 31.5 Å². The third kappa shape index (κ3) is 4.24. The van der Waals surface area contributed by atoms with Gasteiger partial charge in [0.05, 0.1) is 36.3 Å². The molecule has 0 unspecified atom stereocenters. The van der Waals surface area contributed by atoms with Gasteiger partial charge in [0.2, 0.25) is 0 Å². The van der Waals surface area contributed by atoms with E-state index < -0.39 is 0 Å². The van der Waals surface area contributed by atoms with Crippen LogP contribution in [0.15, 0.2) is 30.5 Å². The molecule has 2 aliphatic heterocycles. The molecule has 1 amide bonds. The molecule has 7 nitrogen and oxygen atoms in total. The van der Waals surface area contributed by atoms with Gasteiger partial charge in [0.1, 0.15) is 5.69 Å². The molecule has 150 valence electrons. The third-order valence-corrected chi connectivity index (χ3v) is 6.79. The zero-order valence-corrected chi connectivity index (χ0v) is 17.2. The standard InChI is InChI=1S/C20H26N4O3S/c1-15-4-3-5-16(21-15)11-27-17-10-20(28-12-17)13-23(14-20)19(25)18-6-7-24(22-18)8-9-26-2/h3-7,17H,8-14H2,1-2H3/t17-/m0/s1. The lowest BCUT2D eigenvalue weighted by Gasteiger charge is -2.47. The summed E-state index contributed by atoms with van der Waals surface area (Å²) in [5.74, 6) is 0.982. The first kappa shape index (κ1) is 19.4. The van der Waals surface area contributed by atoms with Crippen LogP contribution in [-0.4, -0.2) is 69.0 Å². The van der Waals surface area contributed by atoms with Crippen molar-refractivity contribution in [3.8, 4) is 0 Å². The van der Waals surface area contributed by atoms with Crippen LogP contribution in [0.3, 0.4) is 0 Å². The van der Waals surface area contributed by atoms with Crippen LogP contribution in [0.2, 0.25) is 0 Å². The van der Waals surface area contributed by atoms with Crippen LogP contribution >= 0.6 is 11.8 Å². The summed E-state index contributed by atoms with van der Waals surface area (Å²) in [6.07, 6.45) is 3.03. The fourth-order valence-corrected chi connectivity index (χ4v) is 5.30. The second kappa shape index (κ2) is 8.23. The number of carbonyl (C=O) groups excluding carboxylic acids is 1. The fourth-order valence-electron chi connectivity index (χ4n) is 3.75. The second-order valence-electron chi connectivity index (χ2n) is 7.52. The number of ether oxygens (including phenoxy) is 2. The Morgan fingerprint density at radius 1 is 1.36 bits per heavy atom. The minimum atomic E-state index is 0.00993. The predicted octanol–water partition coefficient (Wildman–Crippen LogP) is 2.15. The monoisotopic (exact) mass is 402 g/mol. The van der Waals surface area contributed by atoms with E-state index >= 15 is 0 Å². The molecule has 2 aromatic heterocycles. The Kier molecular flexibility index (Phi) is 5.70. The normalized spacial score (nSPS) is 20.5. The number of aromatic nitrogens is 3. The van der Waals surface area contributed by atoms with Gasteiger partial charge in [-0.15, -0.1) is 11.8 Å². The lowest BCUT2D eigenvalue weighted by Crippen LogP contribution is -2.60. The van der Waals surface area contributed by atoms with Gasteiger partial charge in [0, 0.05) is 37.8 Å². The van der Waals surface area contributed by atoms with Crippen LogP contribution in [0.1, 0.15) is 28.3 Å². The molecule has 4 rings (SSSR count). The molecule has 2 saturated heterocycles.